The Morgan fingerprint density at radius 3 is 2.65 bits per heavy atom. The lowest BCUT2D eigenvalue weighted by atomic mass is 9.98. The van der Waals surface area contributed by atoms with Crippen LogP contribution in [0.2, 0.25) is 0 Å². The SMILES string of the molecule is CCCC1(CNC(=O)C(C#N)Cc2ccccc2)CC1. The molecule has 3 heteroatoms. The molecule has 106 valence electrons. The first-order chi connectivity index (χ1) is 9.69. The molecule has 1 amide bonds. The van der Waals surface area contributed by atoms with Gasteiger partial charge in [0.1, 0.15) is 5.92 Å². The lowest BCUT2D eigenvalue weighted by Crippen LogP contribution is -2.35. The summed E-state index contributed by atoms with van der Waals surface area (Å²) < 4.78 is 0. The molecule has 0 radical (unpaired) electrons. The van der Waals surface area contributed by atoms with Gasteiger partial charge in [0.15, 0.2) is 0 Å². The van der Waals surface area contributed by atoms with E-state index in [1.807, 2.05) is 30.3 Å². The minimum absolute atomic E-state index is 0.126. The minimum Gasteiger partial charge on any atom is -0.354 e. The van der Waals surface area contributed by atoms with Gasteiger partial charge in [0.05, 0.1) is 6.07 Å². The lowest BCUT2D eigenvalue weighted by Gasteiger charge is -2.16. The zero-order valence-electron chi connectivity index (χ0n) is 12.1. The van der Waals surface area contributed by atoms with Gasteiger partial charge in [0, 0.05) is 6.54 Å². The normalized spacial score (nSPS) is 17.0. The van der Waals surface area contributed by atoms with Crippen molar-refractivity contribution in [1.82, 2.24) is 5.32 Å². The van der Waals surface area contributed by atoms with Crippen LogP contribution in [0.5, 0.6) is 0 Å². The van der Waals surface area contributed by atoms with Gasteiger partial charge in [0.25, 0.3) is 0 Å². The van der Waals surface area contributed by atoms with Crippen molar-refractivity contribution in [3.05, 3.63) is 35.9 Å². The van der Waals surface area contributed by atoms with Gasteiger partial charge in [-0.05, 0) is 36.7 Å². The molecule has 1 saturated carbocycles. The molecule has 1 atom stereocenters. The second-order valence-corrected chi connectivity index (χ2v) is 5.84. The molecule has 0 aliphatic heterocycles. The molecule has 0 heterocycles. The second kappa shape index (κ2) is 6.56. The molecule has 1 aromatic rings. The molecule has 0 aromatic heterocycles. The number of carbonyl (C=O) groups is 1. The van der Waals surface area contributed by atoms with Crippen LogP contribution in [0.25, 0.3) is 0 Å². The maximum absolute atomic E-state index is 12.1. The van der Waals surface area contributed by atoms with Gasteiger partial charge in [-0.15, -0.1) is 0 Å². The molecule has 3 nitrogen and oxygen atoms in total. The molecular weight excluding hydrogens is 248 g/mol. The number of carbonyl (C=O) groups excluding carboxylic acids is 1. The number of nitrogens with one attached hydrogen (secondary N) is 1. The molecule has 0 spiro atoms. The number of amides is 1. The van der Waals surface area contributed by atoms with E-state index in [-0.39, 0.29) is 5.91 Å². The maximum atomic E-state index is 12.1. The Morgan fingerprint density at radius 1 is 1.40 bits per heavy atom. The number of nitriles is 1. The summed E-state index contributed by atoms with van der Waals surface area (Å²) in [4.78, 5) is 12.1. The van der Waals surface area contributed by atoms with Crippen LogP contribution in [0.15, 0.2) is 30.3 Å². The molecule has 2 rings (SSSR count). The van der Waals surface area contributed by atoms with E-state index in [0.717, 1.165) is 18.5 Å². The maximum Gasteiger partial charge on any atom is 0.237 e. The van der Waals surface area contributed by atoms with Crippen molar-refractivity contribution in [2.45, 2.75) is 39.0 Å². The average molecular weight is 270 g/mol. The molecular formula is C17H22N2O. The summed E-state index contributed by atoms with van der Waals surface area (Å²) in [5, 5.41) is 12.2. The summed E-state index contributed by atoms with van der Waals surface area (Å²) in [5.74, 6) is -0.714. The number of nitrogens with zero attached hydrogens (tertiary/aromatic N) is 1. The highest BCUT2D eigenvalue weighted by Crippen LogP contribution is 2.48. The smallest absolute Gasteiger partial charge is 0.237 e. The Kier molecular flexibility index (Phi) is 4.79. The van der Waals surface area contributed by atoms with Gasteiger partial charge < -0.3 is 5.32 Å². The standard InChI is InChI=1S/C17H22N2O/c1-2-8-17(9-10-17)13-19-16(20)15(12-18)11-14-6-4-3-5-7-14/h3-7,15H,2,8-11,13H2,1H3,(H,19,20). The first-order valence-electron chi connectivity index (χ1n) is 7.40. The largest absolute Gasteiger partial charge is 0.354 e. The monoisotopic (exact) mass is 270 g/mol. The van der Waals surface area contributed by atoms with Crippen LogP contribution in [0.4, 0.5) is 0 Å². The predicted molar refractivity (Wildman–Crippen MR) is 78.8 cm³/mol. The highest BCUT2D eigenvalue weighted by atomic mass is 16.1. The van der Waals surface area contributed by atoms with E-state index in [2.05, 4.69) is 18.3 Å². The van der Waals surface area contributed by atoms with E-state index in [1.54, 1.807) is 0 Å². The minimum atomic E-state index is -0.588. The molecule has 20 heavy (non-hydrogen) atoms. The van der Waals surface area contributed by atoms with Crippen LogP contribution in [-0.4, -0.2) is 12.5 Å². The molecule has 1 unspecified atom stereocenters. The van der Waals surface area contributed by atoms with E-state index in [9.17, 15) is 10.1 Å². The quantitative estimate of drug-likeness (QED) is 0.828. The van der Waals surface area contributed by atoms with Crippen molar-refractivity contribution in [2.75, 3.05) is 6.54 Å². The van der Waals surface area contributed by atoms with Crippen molar-refractivity contribution in [1.29, 1.82) is 5.26 Å². The van der Waals surface area contributed by atoms with Gasteiger partial charge in [0.2, 0.25) is 5.91 Å². The summed E-state index contributed by atoms with van der Waals surface area (Å²) in [5.41, 5.74) is 1.36. The molecule has 0 saturated heterocycles. The van der Waals surface area contributed by atoms with Crippen LogP contribution >= 0.6 is 0 Å². The van der Waals surface area contributed by atoms with Crippen LogP contribution in [0.1, 0.15) is 38.2 Å². The van der Waals surface area contributed by atoms with E-state index in [4.69, 9.17) is 0 Å². The Balaban J connectivity index is 1.85. The first kappa shape index (κ1) is 14.6. The van der Waals surface area contributed by atoms with Crippen LogP contribution < -0.4 is 5.32 Å². The van der Waals surface area contributed by atoms with Crippen molar-refractivity contribution < 1.29 is 4.79 Å². The van der Waals surface area contributed by atoms with Crippen molar-refractivity contribution in [3.63, 3.8) is 0 Å². The molecule has 0 bridgehead atoms. The fraction of sp³-hybridized carbons (Fsp3) is 0.529. The van der Waals surface area contributed by atoms with Gasteiger partial charge in [-0.25, -0.2) is 0 Å². The Bertz CT molecular complexity index is 485. The van der Waals surface area contributed by atoms with Crippen molar-refractivity contribution in [3.8, 4) is 6.07 Å². The fourth-order valence-electron chi connectivity index (χ4n) is 2.67. The van der Waals surface area contributed by atoms with Crippen molar-refractivity contribution in [2.24, 2.45) is 11.3 Å². The molecule has 1 fully saturated rings. The van der Waals surface area contributed by atoms with E-state index >= 15 is 0 Å². The average Bonchev–Trinajstić information content (AvgIpc) is 3.24. The second-order valence-electron chi connectivity index (χ2n) is 5.84. The topological polar surface area (TPSA) is 52.9 Å². The zero-order chi connectivity index (χ0) is 14.4. The van der Waals surface area contributed by atoms with Crippen molar-refractivity contribution >= 4 is 5.91 Å². The van der Waals surface area contributed by atoms with Crippen LogP contribution in [0.3, 0.4) is 0 Å². The van der Waals surface area contributed by atoms with Crippen LogP contribution in [0, 0.1) is 22.7 Å². The Hall–Kier alpha value is -1.82. The molecule has 1 N–H and O–H groups in total. The van der Waals surface area contributed by atoms with Crippen LogP contribution in [-0.2, 0) is 11.2 Å². The zero-order valence-corrected chi connectivity index (χ0v) is 12.1. The third-order valence-corrected chi connectivity index (χ3v) is 4.13. The molecule has 1 aliphatic rings. The third kappa shape index (κ3) is 3.84. The summed E-state index contributed by atoms with van der Waals surface area (Å²) in [6.07, 6.45) is 5.22. The number of benzene rings is 1. The highest BCUT2D eigenvalue weighted by molar-refractivity contribution is 5.81. The third-order valence-electron chi connectivity index (χ3n) is 4.13. The summed E-state index contributed by atoms with van der Waals surface area (Å²) >= 11 is 0. The summed E-state index contributed by atoms with van der Waals surface area (Å²) in [6, 6.07) is 11.8. The number of hydrogen-bond acceptors (Lipinski definition) is 2. The molecule has 1 aromatic carbocycles. The first-order valence-corrected chi connectivity index (χ1v) is 7.40. The van der Waals surface area contributed by atoms with Gasteiger partial charge in [-0.3, -0.25) is 4.79 Å². The van der Waals surface area contributed by atoms with E-state index in [0.29, 0.717) is 11.8 Å². The Labute approximate surface area is 121 Å². The van der Waals surface area contributed by atoms with Gasteiger partial charge in [-0.1, -0.05) is 43.7 Å². The summed E-state index contributed by atoms with van der Waals surface area (Å²) in [6.45, 7) is 2.90. The van der Waals surface area contributed by atoms with Gasteiger partial charge >= 0.3 is 0 Å². The van der Waals surface area contributed by atoms with E-state index in [1.165, 1.54) is 19.3 Å². The molecule has 1 aliphatic carbocycles. The predicted octanol–water partition coefficient (Wildman–Crippen LogP) is 3.07. The van der Waals surface area contributed by atoms with E-state index < -0.39 is 5.92 Å². The summed E-state index contributed by atoms with van der Waals surface area (Å²) in [7, 11) is 0. The fourth-order valence-corrected chi connectivity index (χ4v) is 2.67. The number of rotatable bonds is 7. The highest BCUT2D eigenvalue weighted by Gasteiger charge is 2.41. The lowest BCUT2D eigenvalue weighted by molar-refractivity contribution is -0.123. The van der Waals surface area contributed by atoms with Gasteiger partial charge in [-0.2, -0.15) is 5.26 Å². The Morgan fingerprint density at radius 2 is 2.10 bits per heavy atom. The number of hydrogen-bond donors (Lipinski definition) is 1.